The summed E-state index contributed by atoms with van der Waals surface area (Å²) in [6.45, 7) is 1.91. The van der Waals surface area contributed by atoms with Gasteiger partial charge in [-0.25, -0.2) is 0 Å². The first-order valence-corrected chi connectivity index (χ1v) is 3.80. The molecule has 0 heterocycles. The number of hydrogen-bond donors (Lipinski definition) is 3. The number of amides is 1. The largest absolute Gasteiger partial charge is 0.392 e. The van der Waals surface area contributed by atoms with E-state index in [0.29, 0.717) is 0 Å². The number of carbonyl (C=O) groups is 1. The number of nitrogens with one attached hydrogen (secondary N) is 1. The third-order valence-electron chi connectivity index (χ3n) is 1.80. The molecule has 0 unspecified atom stereocenters. The van der Waals surface area contributed by atoms with E-state index in [9.17, 15) is 4.79 Å². The summed E-state index contributed by atoms with van der Waals surface area (Å²) in [4.78, 5) is 11.1. The van der Waals surface area contributed by atoms with E-state index in [1.807, 2.05) is 0 Å². The van der Waals surface area contributed by atoms with Crippen LogP contribution in [0.1, 0.15) is 19.8 Å². The molecule has 4 N–H and O–H groups in total. The van der Waals surface area contributed by atoms with Crippen LogP contribution in [-0.2, 0) is 4.79 Å². The predicted molar refractivity (Wildman–Crippen MR) is 40.8 cm³/mol. The van der Waals surface area contributed by atoms with Crippen molar-refractivity contribution in [3.8, 4) is 0 Å². The lowest BCUT2D eigenvalue weighted by Gasteiger charge is -2.10. The van der Waals surface area contributed by atoms with Crippen LogP contribution < -0.4 is 11.1 Å². The zero-order chi connectivity index (χ0) is 8.48. The first-order valence-electron chi connectivity index (χ1n) is 3.80. The Bertz CT molecular complexity index is 164. The van der Waals surface area contributed by atoms with Crippen molar-refractivity contribution in [2.75, 3.05) is 6.54 Å². The van der Waals surface area contributed by atoms with Crippen LogP contribution in [-0.4, -0.2) is 29.2 Å². The van der Waals surface area contributed by atoms with E-state index in [1.54, 1.807) is 6.92 Å². The molecule has 11 heavy (non-hydrogen) atoms. The molecule has 1 aliphatic carbocycles. The number of nitrogens with two attached hydrogens (primary N) is 1. The van der Waals surface area contributed by atoms with Crippen LogP contribution in [0.15, 0.2) is 0 Å². The Morgan fingerprint density at radius 1 is 1.82 bits per heavy atom. The van der Waals surface area contributed by atoms with Gasteiger partial charge in [0.15, 0.2) is 0 Å². The predicted octanol–water partition coefficient (Wildman–Crippen LogP) is -1.03. The van der Waals surface area contributed by atoms with Gasteiger partial charge >= 0.3 is 0 Å². The lowest BCUT2D eigenvalue weighted by atomic mass is 10.2. The van der Waals surface area contributed by atoms with Crippen molar-refractivity contribution >= 4 is 5.91 Å². The Morgan fingerprint density at radius 2 is 2.36 bits per heavy atom. The third kappa shape index (κ3) is 2.17. The van der Waals surface area contributed by atoms with Crippen LogP contribution in [0.3, 0.4) is 0 Å². The second kappa shape index (κ2) is 2.79. The van der Waals surface area contributed by atoms with E-state index in [0.717, 1.165) is 12.8 Å². The molecule has 0 aromatic heterocycles. The summed E-state index contributed by atoms with van der Waals surface area (Å²) < 4.78 is 0. The fraction of sp³-hybridized carbons (Fsp3) is 0.857. The van der Waals surface area contributed by atoms with Crippen molar-refractivity contribution in [3.05, 3.63) is 0 Å². The maximum absolute atomic E-state index is 11.1. The van der Waals surface area contributed by atoms with E-state index in [-0.39, 0.29) is 12.5 Å². The molecule has 0 saturated heterocycles. The molecule has 0 bridgehead atoms. The van der Waals surface area contributed by atoms with Crippen LogP contribution in [0.25, 0.3) is 0 Å². The van der Waals surface area contributed by atoms with Gasteiger partial charge in [0.05, 0.1) is 11.6 Å². The Hall–Kier alpha value is -0.610. The molecule has 0 aromatic rings. The summed E-state index contributed by atoms with van der Waals surface area (Å²) in [6.07, 6.45) is 1.03. The molecule has 0 spiro atoms. The van der Waals surface area contributed by atoms with Crippen LogP contribution in [0.4, 0.5) is 0 Å². The van der Waals surface area contributed by atoms with Gasteiger partial charge in [-0.3, -0.25) is 4.79 Å². The van der Waals surface area contributed by atoms with E-state index in [2.05, 4.69) is 5.32 Å². The third-order valence-corrected chi connectivity index (χ3v) is 1.80. The number of carbonyl (C=O) groups excluding carboxylic acids is 1. The number of aliphatic hydroxyl groups is 1. The standard InChI is InChI=1S/C7H14N2O2/c1-5(10)4-9-6(11)7(8)2-3-7/h5,10H,2-4,8H2,1H3,(H,9,11)/t5-/m0/s1. The molecule has 1 aliphatic rings. The highest BCUT2D eigenvalue weighted by Gasteiger charge is 2.45. The highest BCUT2D eigenvalue weighted by atomic mass is 16.3. The Morgan fingerprint density at radius 3 is 2.73 bits per heavy atom. The molecule has 1 atom stereocenters. The molecule has 1 saturated carbocycles. The monoisotopic (exact) mass is 158 g/mol. The lowest BCUT2D eigenvalue weighted by molar-refractivity contribution is -0.123. The second-order valence-electron chi connectivity index (χ2n) is 3.22. The maximum atomic E-state index is 11.1. The topological polar surface area (TPSA) is 75.3 Å². The summed E-state index contributed by atoms with van der Waals surface area (Å²) in [5.41, 5.74) is 4.97. The summed E-state index contributed by atoms with van der Waals surface area (Å²) in [5.74, 6) is -0.140. The van der Waals surface area contributed by atoms with E-state index >= 15 is 0 Å². The van der Waals surface area contributed by atoms with Crippen LogP contribution >= 0.6 is 0 Å². The SMILES string of the molecule is C[C@H](O)CNC(=O)C1(N)CC1. The molecule has 1 amide bonds. The fourth-order valence-corrected chi connectivity index (χ4v) is 0.778. The van der Waals surface area contributed by atoms with E-state index in [1.165, 1.54) is 0 Å². The number of rotatable bonds is 3. The molecule has 4 nitrogen and oxygen atoms in total. The van der Waals surface area contributed by atoms with Gasteiger partial charge in [-0.1, -0.05) is 0 Å². The van der Waals surface area contributed by atoms with Gasteiger partial charge in [-0.15, -0.1) is 0 Å². The molecule has 4 heteroatoms. The Balaban J connectivity index is 2.22. The maximum Gasteiger partial charge on any atom is 0.240 e. The average Bonchev–Trinajstić information content (AvgIpc) is 2.64. The van der Waals surface area contributed by atoms with Crippen molar-refractivity contribution in [2.24, 2.45) is 5.73 Å². The zero-order valence-electron chi connectivity index (χ0n) is 6.63. The zero-order valence-corrected chi connectivity index (χ0v) is 6.63. The second-order valence-corrected chi connectivity index (χ2v) is 3.22. The van der Waals surface area contributed by atoms with Crippen molar-refractivity contribution < 1.29 is 9.90 Å². The van der Waals surface area contributed by atoms with E-state index in [4.69, 9.17) is 10.8 Å². The minimum atomic E-state index is -0.616. The van der Waals surface area contributed by atoms with Gasteiger partial charge in [0.1, 0.15) is 0 Å². The van der Waals surface area contributed by atoms with Gasteiger partial charge in [0.25, 0.3) is 0 Å². The van der Waals surface area contributed by atoms with Crippen molar-refractivity contribution in [3.63, 3.8) is 0 Å². The summed E-state index contributed by atoms with van der Waals surface area (Å²) >= 11 is 0. The van der Waals surface area contributed by atoms with Gasteiger partial charge in [-0.05, 0) is 19.8 Å². The molecule has 0 radical (unpaired) electrons. The van der Waals surface area contributed by atoms with Crippen molar-refractivity contribution in [2.45, 2.75) is 31.4 Å². The van der Waals surface area contributed by atoms with Crippen LogP contribution in [0.5, 0.6) is 0 Å². The molecular formula is C7H14N2O2. The van der Waals surface area contributed by atoms with Gasteiger partial charge in [0, 0.05) is 6.54 Å². The Labute approximate surface area is 65.8 Å². The van der Waals surface area contributed by atoms with Gasteiger partial charge in [-0.2, -0.15) is 0 Å². The average molecular weight is 158 g/mol. The number of aliphatic hydroxyl groups excluding tert-OH is 1. The minimum Gasteiger partial charge on any atom is -0.392 e. The van der Waals surface area contributed by atoms with Gasteiger partial charge in [0.2, 0.25) is 5.91 Å². The Kier molecular flexibility index (Phi) is 2.15. The highest BCUT2D eigenvalue weighted by Crippen LogP contribution is 2.31. The molecule has 64 valence electrons. The summed E-state index contributed by atoms with van der Waals surface area (Å²) in [6, 6.07) is 0. The lowest BCUT2D eigenvalue weighted by Crippen LogP contribution is -2.44. The normalized spacial score (nSPS) is 22.5. The highest BCUT2D eigenvalue weighted by molar-refractivity contribution is 5.88. The van der Waals surface area contributed by atoms with E-state index < -0.39 is 11.6 Å². The smallest absolute Gasteiger partial charge is 0.240 e. The summed E-state index contributed by atoms with van der Waals surface area (Å²) in [5, 5.41) is 11.4. The first kappa shape index (κ1) is 8.49. The van der Waals surface area contributed by atoms with Crippen LogP contribution in [0.2, 0.25) is 0 Å². The van der Waals surface area contributed by atoms with Crippen molar-refractivity contribution in [1.29, 1.82) is 0 Å². The van der Waals surface area contributed by atoms with Crippen LogP contribution in [0, 0.1) is 0 Å². The number of hydrogen-bond acceptors (Lipinski definition) is 3. The molecule has 0 aliphatic heterocycles. The van der Waals surface area contributed by atoms with Gasteiger partial charge < -0.3 is 16.2 Å². The fourth-order valence-electron chi connectivity index (χ4n) is 0.778. The minimum absolute atomic E-state index is 0.140. The quantitative estimate of drug-likeness (QED) is 0.492. The molecular weight excluding hydrogens is 144 g/mol. The summed E-state index contributed by atoms with van der Waals surface area (Å²) in [7, 11) is 0. The molecule has 1 rings (SSSR count). The first-order chi connectivity index (χ1) is 5.04. The van der Waals surface area contributed by atoms with Crippen molar-refractivity contribution in [1.82, 2.24) is 5.32 Å². The molecule has 1 fully saturated rings. The molecule has 0 aromatic carbocycles.